The highest BCUT2D eigenvalue weighted by molar-refractivity contribution is 5.95. The largest absolute Gasteiger partial charge is 0.371 e. The van der Waals surface area contributed by atoms with Gasteiger partial charge in [-0.15, -0.1) is 0 Å². The third kappa shape index (κ3) is 2.99. The van der Waals surface area contributed by atoms with Crippen LogP contribution in [-0.4, -0.2) is 42.8 Å². The number of likely N-dealkylation sites (N-methyl/N-ethyl adjacent to an activating group) is 1. The van der Waals surface area contributed by atoms with Gasteiger partial charge in [-0.1, -0.05) is 0 Å². The third-order valence-electron chi connectivity index (χ3n) is 4.12. The van der Waals surface area contributed by atoms with Gasteiger partial charge in [0.15, 0.2) is 0 Å². The number of hydrogen-bond acceptors (Lipinski definition) is 4. The lowest BCUT2D eigenvalue weighted by atomic mass is 10.1. The highest BCUT2D eigenvalue weighted by Crippen LogP contribution is 2.32. The van der Waals surface area contributed by atoms with Gasteiger partial charge in [-0.05, 0) is 32.0 Å². The highest BCUT2D eigenvalue weighted by Gasteiger charge is 2.23. The number of aryl methyl sites for hydroxylation is 2. The van der Waals surface area contributed by atoms with Crippen LogP contribution in [0.2, 0.25) is 0 Å². The zero-order chi connectivity index (χ0) is 16.6. The highest BCUT2D eigenvalue weighted by atomic mass is 19.1. The van der Waals surface area contributed by atoms with Gasteiger partial charge in [-0.2, -0.15) is 5.10 Å². The van der Waals surface area contributed by atoms with Gasteiger partial charge < -0.3 is 15.1 Å². The molecule has 122 valence electrons. The second-order valence-electron chi connectivity index (χ2n) is 5.83. The molecule has 2 heterocycles. The molecular weight excluding hydrogens is 297 g/mol. The van der Waals surface area contributed by atoms with Crippen molar-refractivity contribution >= 4 is 23.0 Å². The Kier molecular flexibility index (Phi) is 3.94. The number of hydrogen-bond donors (Lipinski definition) is 2. The maximum absolute atomic E-state index is 13.5. The maximum Gasteiger partial charge on any atom is 0.243 e. The summed E-state index contributed by atoms with van der Waals surface area (Å²) in [5.74, 6) is -0.385. The monoisotopic (exact) mass is 317 g/mol. The van der Waals surface area contributed by atoms with Crippen molar-refractivity contribution in [3.63, 3.8) is 0 Å². The second kappa shape index (κ2) is 5.91. The Hall–Kier alpha value is -2.57. The summed E-state index contributed by atoms with van der Waals surface area (Å²) in [7, 11) is 1.92. The number of rotatable bonds is 3. The molecular formula is C16H20FN5O. The van der Waals surface area contributed by atoms with E-state index in [0.29, 0.717) is 6.54 Å². The molecule has 1 amide bonds. The van der Waals surface area contributed by atoms with E-state index in [1.165, 1.54) is 12.1 Å². The van der Waals surface area contributed by atoms with Crippen LogP contribution < -0.4 is 15.1 Å². The average molecular weight is 317 g/mol. The van der Waals surface area contributed by atoms with Crippen molar-refractivity contribution in [2.45, 2.75) is 13.8 Å². The minimum Gasteiger partial charge on any atom is -0.371 e. The Morgan fingerprint density at radius 1 is 1.35 bits per heavy atom. The normalized spacial score (nSPS) is 13.9. The smallest absolute Gasteiger partial charge is 0.243 e. The molecule has 2 aromatic rings. The predicted molar refractivity (Wildman–Crippen MR) is 88.6 cm³/mol. The first kappa shape index (κ1) is 15.3. The summed E-state index contributed by atoms with van der Waals surface area (Å²) in [6, 6.07) is 4.65. The topological polar surface area (TPSA) is 64.3 Å². The Labute approximate surface area is 134 Å². The quantitative estimate of drug-likeness (QED) is 0.909. The molecule has 1 aliphatic rings. The molecule has 1 aliphatic heterocycles. The fraction of sp³-hybridized carbons (Fsp3) is 0.375. The second-order valence-corrected chi connectivity index (χ2v) is 5.83. The SMILES string of the molecule is Cc1n[nH]c(C)c1NC(=O)CN1CCN(C)c2cc(F)ccc21. The van der Waals surface area contributed by atoms with Crippen LogP contribution in [0.3, 0.4) is 0 Å². The van der Waals surface area contributed by atoms with E-state index in [-0.39, 0.29) is 18.3 Å². The molecule has 7 heteroatoms. The molecule has 0 aliphatic carbocycles. The minimum absolute atomic E-state index is 0.113. The lowest BCUT2D eigenvalue weighted by molar-refractivity contribution is -0.115. The van der Waals surface area contributed by atoms with Crippen LogP contribution in [0.5, 0.6) is 0 Å². The third-order valence-corrected chi connectivity index (χ3v) is 4.12. The van der Waals surface area contributed by atoms with Crippen LogP contribution in [0, 0.1) is 19.7 Å². The molecule has 0 saturated carbocycles. The number of aromatic nitrogens is 2. The van der Waals surface area contributed by atoms with Crippen LogP contribution in [0.25, 0.3) is 0 Å². The Morgan fingerprint density at radius 3 is 2.83 bits per heavy atom. The first-order chi connectivity index (χ1) is 11.0. The van der Waals surface area contributed by atoms with Gasteiger partial charge in [0.1, 0.15) is 5.82 Å². The van der Waals surface area contributed by atoms with Crippen LogP contribution in [-0.2, 0) is 4.79 Å². The average Bonchev–Trinajstić information content (AvgIpc) is 2.82. The summed E-state index contributed by atoms with van der Waals surface area (Å²) in [5.41, 5.74) is 3.99. The van der Waals surface area contributed by atoms with Crippen molar-refractivity contribution in [3.05, 3.63) is 35.4 Å². The zero-order valence-corrected chi connectivity index (χ0v) is 13.5. The van der Waals surface area contributed by atoms with E-state index in [1.807, 2.05) is 30.7 Å². The van der Waals surface area contributed by atoms with Crippen molar-refractivity contribution in [2.75, 3.05) is 41.8 Å². The predicted octanol–water partition coefficient (Wildman–Crippen LogP) is 2.06. The van der Waals surface area contributed by atoms with Gasteiger partial charge in [0.25, 0.3) is 0 Å². The van der Waals surface area contributed by atoms with E-state index >= 15 is 0 Å². The number of amides is 1. The van der Waals surface area contributed by atoms with E-state index in [1.54, 1.807) is 6.07 Å². The molecule has 3 rings (SSSR count). The molecule has 2 N–H and O–H groups in total. The number of H-pyrrole nitrogens is 1. The molecule has 0 radical (unpaired) electrons. The van der Waals surface area contributed by atoms with Gasteiger partial charge in [0, 0.05) is 20.1 Å². The molecule has 0 bridgehead atoms. The molecule has 6 nitrogen and oxygen atoms in total. The molecule has 0 atom stereocenters. The van der Waals surface area contributed by atoms with E-state index < -0.39 is 0 Å². The van der Waals surface area contributed by atoms with Crippen molar-refractivity contribution in [2.24, 2.45) is 0 Å². The van der Waals surface area contributed by atoms with E-state index in [9.17, 15) is 9.18 Å². The van der Waals surface area contributed by atoms with Gasteiger partial charge in [0.05, 0.1) is 35.0 Å². The Bertz CT molecular complexity index is 723. The number of carbonyl (C=O) groups is 1. The van der Waals surface area contributed by atoms with Gasteiger partial charge >= 0.3 is 0 Å². The molecule has 0 saturated heterocycles. The summed E-state index contributed by atoms with van der Waals surface area (Å²) >= 11 is 0. The molecule has 0 unspecified atom stereocenters. The summed E-state index contributed by atoms with van der Waals surface area (Å²) < 4.78 is 13.5. The summed E-state index contributed by atoms with van der Waals surface area (Å²) in [4.78, 5) is 16.3. The van der Waals surface area contributed by atoms with Crippen LogP contribution >= 0.6 is 0 Å². The van der Waals surface area contributed by atoms with Crippen LogP contribution in [0.1, 0.15) is 11.4 Å². The number of benzene rings is 1. The number of nitrogens with one attached hydrogen (secondary N) is 2. The summed E-state index contributed by atoms with van der Waals surface area (Å²) in [6.07, 6.45) is 0. The number of nitrogens with zero attached hydrogens (tertiary/aromatic N) is 3. The number of fused-ring (bicyclic) bond motifs is 1. The lowest BCUT2D eigenvalue weighted by Gasteiger charge is -2.36. The fourth-order valence-electron chi connectivity index (χ4n) is 2.83. The molecule has 0 fully saturated rings. The van der Waals surface area contributed by atoms with Crippen LogP contribution in [0.4, 0.5) is 21.5 Å². The van der Waals surface area contributed by atoms with Gasteiger partial charge in [0.2, 0.25) is 5.91 Å². The van der Waals surface area contributed by atoms with E-state index in [0.717, 1.165) is 35.0 Å². The first-order valence-electron chi connectivity index (χ1n) is 7.53. The fourth-order valence-corrected chi connectivity index (χ4v) is 2.83. The first-order valence-corrected chi connectivity index (χ1v) is 7.53. The number of aromatic amines is 1. The van der Waals surface area contributed by atoms with Crippen molar-refractivity contribution in [3.8, 4) is 0 Å². The Balaban J connectivity index is 1.76. The van der Waals surface area contributed by atoms with Crippen molar-refractivity contribution in [1.29, 1.82) is 0 Å². The standard InChI is InChI=1S/C16H20FN5O/c1-10-16(11(2)20-19-10)18-15(23)9-22-7-6-21(3)14-8-12(17)4-5-13(14)22/h4-5,8H,6-7,9H2,1-3H3,(H,18,23)(H,19,20). The molecule has 1 aromatic carbocycles. The molecule has 1 aromatic heterocycles. The Morgan fingerprint density at radius 2 is 2.13 bits per heavy atom. The number of halogens is 1. The minimum atomic E-state index is -0.272. The van der Waals surface area contributed by atoms with E-state index in [2.05, 4.69) is 15.5 Å². The van der Waals surface area contributed by atoms with Gasteiger partial charge in [-0.3, -0.25) is 9.89 Å². The van der Waals surface area contributed by atoms with Crippen molar-refractivity contribution < 1.29 is 9.18 Å². The maximum atomic E-state index is 13.5. The molecule has 0 spiro atoms. The zero-order valence-electron chi connectivity index (χ0n) is 13.5. The summed E-state index contributed by atoms with van der Waals surface area (Å²) in [5, 5.41) is 9.81. The number of carbonyl (C=O) groups excluding carboxylic acids is 1. The van der Waals surface area contributed by atoms with Gasteiger partial charge in [-0.25, -0.2) is 4.39 Å². The van der Waals surface area contributed by atoms with E-state index in [4.69, 9.17) is 0 Å². The lowest BCUT2D eigenvalue weighted by Crippen LogP contribution is -2.43. The summed E-state index contributed by atoms with van der Waals surface area (Å²) in [6.45, 7) is 5.38. The number of anilines is 3. The molecule has 23 heavy (non-hydrogen) atoms. The van der Waals surface area contributed by atoms with Crippen LogP contribution in [0.15, 0.2) is 18.2 Å². The van der Waals surface area contributed by atoms with Crippen molar-refractivity contribution in [1.82, 2.24) is 10.2 Å².